The van der Waals surface area contributed by atoms with Crippen LogP contribution in [-0.2, 0) is 4.84 Å². The van der Waals surface area contributed by atoms with Crippen LogP contribution in [0.4, 0.5) is 4.79 Å². The number of likely N-dealkylation sites (tertiary alicyclic amines) is 1. The Labute approximate surface area is 96.5 Å². The van der Waals surface area contributed by atoms with Crippen molar-refractivity contribution >= 4 is 6.09 Å². The van der Waals surface area contributed by atoms with Crippen LogP contribution in [0.15, 0.2) is 0 Å². The molecule has 94 valence electrons. The third-order valence-corrected chi connectivity index (χ3v) is 3.14. The van der Waals surface area contributed by atoms with Crippen LogP contribution in [0.5, 0.6) is 0 Å². The van der Waals surface area contributed by atoms with E-state index in [-0.39, 0.29) is 18.6 Å². The summed E-state index contributed by atoms with van der Waals surface area (Å²) < 4.78 is 0. The fraction of sp³-hybridized carbons (Fsp3) is 0.909. The van der Waals surface area contributed by atoms with E-state index in [2.05, 4.69) is 18.7 Å². The van der Waals surface area contributed by atoms with Gasteiger partial charge in [0.15, 0.2) is 0 Å². The van der Waals surface area contributed by atoms with Crippen LogP contribution >= 0.6 is 0 Å². The molecule has 5 nitrogen and oxygen atoms in total. The number of carbonyl (C=O) groups excluding carboxylic acids is 1. The number of piperidine rings is 1. The Morgan fingerprint density at radius 3 is 2.75 bits per heavy atom. The number of rotatable bonds is 3. The van der Waals surface area contributed by atoms with Crippen molar-refractivity contribution in [2.45, 2.75) is 39.2 Å². The van der Waals surface area contributed by atoms with Crippen LogP contribution in [0.2, 0.25) is 0 Å². The first-order valence-corrected chi connectivity index (χ1v) is 5.86. The van der Waals surface area contributed by atoms with E-state index in [9.17, 15) is 4.79 Å². The summed E-state index contributed by atoms with van der Waals surface area (Å²) in [6.07, 6.45) is 2.34. The van der Waals surface area contributed by atoms with Gasteiger partial charge in [-0.05, 0) is 31.1 Å². The Balaban J connectivity index is 2.63. The largest absolute Gasteiger partial charge is 0.428 e. The minimum absolute atomic E-state index is 0.114. The lowest BCUT2D eigenvalue weighted by Crippen LogP contribution is -2.49. The van der Waals surface area contributed by atoms with E-state index in [1.165, 1.54) is 0 Å². The van der Waals surface area contributed by atoms with Crippen LogP contribution < -0.4 is 5.90 Å². The highest BCUT2D eigenvalue weighted by molar-refractivity contribution is 5.67. The third-order valence-electron chi connectivity index (χ3n) is 3.14. The van der Waals surface area contributed by atoms with Gasteiger partial charge in [0.25, 0.3) is 0 Å². The molecule has 1 aliphatic rings. The molecule has 1 aliphatic heterocycles. The fourth-order valence-electron chi connectivity index (χ4n) is 2.33. The van der Waals surface area contributed by atoms with E-state index in [0.29, 0.717) is 12.5 Å². The van der Waals surface area contributed by atoms with Gasteiger partial charge in [0.05, 0.1) is 0 Å². The second-order valence-corrected chi connectivity index (χ2v) is 4.95. The number of aliphatic hydroxyl groups is 1. The smallest absolute Gasteiger partial charge is 0.396 e. The predicted molar refractivity (Wildman–Crippen MR) is 60.4 cm³/mol. The highest BCUT2D eigenvalue weighted by Crippen LogP contribution is 2.26. The highest BCUT2D eigenvalue weighted by Gasteiger charge is 2.32. The van der Waals surface area contributed by atoms with Crippen LogP contribution in [0.25, 0.3) is 0 Å². The van der Waals surface area contributed by atoms with Gasteiger partial charge in [-0.3, -0.25) is 0 Å². The molecule has 1 fully saturated rings. The van der Waals surface area contributed by atoms with Crippen LogP contribution in [0.1, 0.15) is 33.1 Å². The molecule has 0 aliphatic carbocycles. The molecule has 2 atom stereocenters. The summed E-state index contributed by atoms with van der Waals surface area (Å²) in [5.41, 5.74) is 0. The third kappa shape index (κ3) is 3.35. The normalized spacial score (nSPS) is 25.9. The zero-order valence-electron chi connectivity index (χ0n) is 10.1. The SMILES string of the molecule is CC(C)CC1CCC(CO)CN1C(=O)ON. The van der Waals surface area contributed by atoms with E-state index in [0.717, 1.165) is 19.3 Å². The van der Waals surface area contributed by atoms with Gasteiger partial charge in [-0.25, -0.2) is 4.79 Å². The van der Waals surface area contributed by atoms with Crippen molar-refractivity contribution in [2.24, 2.45) is 17.7 Å². The maximum Gasteiger partial charge on any atom is 0.428 e. The zero-order valence-corrected chi connectivity index (χ0v) is 10.1. The first-order chi connectivity index (χ1) is 7.58. The summed E-state index contributed by atoms with van der Waals surface area (Å²) in [6, 6.07) is 0.193. The Morgan fingerprint density at radius 2 is 2.25 bits per heavy atom. The lowest BCUT2D eigenvalue weighted by atomic mass is 9.89. The summed E-state index contributed by atoms with van der Waals surface area (Å²) in [7, 11) is 0. The number of nitrogens with zero attached hydrogens (tertiary/aromatic N) is 1. The maximum absolute atomic E-state index is 11.5. The molecule has 3 N–H and O–H groups in total. The molecule has 5 heteroatoms. The molecule has 0 aromatic carbocycles. The standard InChI is InChI=1S/C11H22N2O3/c1-8(2)5-10-4-3-9(7-14)6-13(10)11(15)16-12/h8-10,14H,3-7,12H2,1-2H3. The van der Waals surface area contributed by atoms with Crippen molar-refractivity contribution in [2.75, 3.05) is 13.2 Å². The molecule has 1 heterocycles. The number of carbonyl (C=O) groups is 1. The van der Waals surface area contributed by atoms with Crippen molar-refractivity contribution in [3.8, 4) is 0 Å². The van der Waals surface area contributed by atoms with Gasteiger partial charge in [0, 0.05) is 19.2 Å². The minimum Gasteiger partial charge on any atom is -0.396 e. The monoisotopic (exact) mass is 230 g/mol. The number of aliphatic hydroxyl groups excluding tert-OH is 1. The lowest BCUT2D eigenvalue weighted by molar-refractivity contribution is 0.0410. The summed E-state index contributed by atoms with van der Waals surface area (Å²) >= 11 is 0. The molecule has 0 spiro atoms. The molecule has 0 bridgehead atoms. The fourth-order valence-corrected chi connectivity index (χ4v) is 2.33. The van der Waals surface area contributed by atoms with Crippen molar-refractivity contribution in [3.63, 3.8) is 0 Å². The van der Waals surface area contributed by atoms with Crippen LogP contribution in [0.3, 0.4) is 0 Å². The first-order valence-electron chi connectivity index (χ1n) is 5.86. The van der Waals surface area contributed by atoms with Crippen molar-refractivity contribution in [3.05, 3.63) is 0 Å². The minimum atomic E-state index is -0.483. The molecule has 0 saturated carbocycles. The zero-order chi connectivity index (χ0) is 12.1. The average Bonchev–Trinajstić information content (AvgIpc) is 2.28. The Hall–Kier alpha value is -0.810. The van der Waals surface area contributed by atoms with E-state index in [1.807, 2.05) is 0 Å². The summed E-state index contributed by atoms with van der Waals surface area (Å²) in [5, 5.41) is 9.12. The van der Waals surface area contributed by atoms with Gasteiger partial charge in [-0.1, -0.05) is 13.8 Å². The molecule has 1 saturated heterocycles. The van der Waals surface area contributed by atoms with Gasteiger partial charge in [0.2, 0.25) is 0 Å². The summed E-state index contributed by atoms with van der Waals surface area (Å²) in [5.74, 6) is 5.62. The van der Waals surface area contributed by atoms with Gasteiger partial charge in [0.1, 0.15) is 0 Å². The topological polar surface area (TPSA) is 75.8 Å². The summed E-state index contributed by atoms with van der Waals surface area (Å²) in [4.78, 5) is 17.5. The molecular weight excluding hydrogens is 208 g/mol. The molecule has 0 aromatic rings. The second-order valence-electron chi connectivity index (χ2n) is 4.95. The van der Waals surface area contributed by atoms with Gasteiger partial charge in [-0.15, -0.1) is 0 Å². The first kappa shape index (κ1) is 13.3. The number of amides is 1. The number of hydrogen-bond acceptors (Lipinski definition) is 4. The van der Waals surface area contributed by atoms with Crippen LogP contribution in [0, 0.1) is 11.8 Å². The quantitative estimate of drug-likeness (QED) is 0.712. The van der Waals surface area contributed by atoms with Gasteiger partial charge in [-0.2, -0.15) is 5.90 Å². The molecule has 16 heavy (non-hydrogen) atoms. The van der Waals surface area contributed by atoms with Crippen LogP contribution in [-0.4, -0.2) is 35.3 Å². The Morgan fingerprint density at radius 1 is 1.56 bits per heavy atom. The molecular formula is C11H22N2O3. The second kappa shape index (κ2) is 6.06. The summed E-state index contributed by atoms with van der Waals surface area (Å²) in [6.45, 7) is 4.92. The highest BCUT2D eigenvalue weighted by atomic mass is 16.7. The average molecular weight is 230 g/mol. The molecule has 0 aromatic heterocycles. The Bertz CT molecular complexity index is 233. The lowest BCUT2D eigenvalue weighted by Gasteiger charge is -2.38. The predicted octanol–water partition coefficient (Wildman–Crippen LogP) is 1.12. The van der Waals surface area contributed by atoms with Crippen molar-refractivity contribution in [1.82, 2.24) is 4.90 Å². The van der Waals surface area contributed by atoms with Gasteiger partial charge >= 0.3 is 6.09 Å². The van der Waals surface area contributed by atoms with E-state index < -0.39 is 6.09 Å². The number of nitrogens with two attached hydrogens (primary N) is 1. The molecule has 1 amide bonds. The van der Waals surface area contributed by atoms with E-state index in [1.54, 1.807) is 4.90 Å². The van der Waals surface area contributed by atoms with Crippen molar-refractivity contribution < 1.29 is 14.7 Å². The van der Waals surface area contributed by atoms with Crippen molar-refractivity contribution in [1.29, 1.82) is 0 Å². The molecule has 2 unspecified atom stereocenters. The maximum atomic E-state index is 11.5. The van der Waals surface area contributed by atoms with E-state index in [4.69, 9.17) is 11.0 Å². The van der Waals surface area contributed by atoms with Gasteiger partial charge < -0.3 is 14.8 Å². The Kier molecular flexibility index (Phi) is 5.02. The number of hydrogen-bond donors (Lipinski definition) is 2. The molecule has 0 radical (unpaired) electrons. The van der Waals surface area contributed by atoms with E-state index >= 15 is 0 Å². The molecule has 1 rings (SSSR count).